The second kappa shape index (κ2) is 10.3. The number of hydrogen-bond donors (Lipinski definition) is 0. The van der Waals surface area contributed by atoms with Crippen LogP contribution in [0, 0.1) is 0 Å². The molecule has 1 aliphatic heterocycles. The van der Waals surface area contributed by atoms with Gasteiger partial charge in [-0.05, 0) is 62.9 Å². The smallest absolute Gasteiger partial charge is 0.205 e. The third-order valence-electron chi connectivity index (χ3n) is 5.98. The largest absolute Gasteiger partial charge is 0.327 e. The Hall–Kier alpha value is 0.314. The molecule has 0 aliphatic carbocycles. The van der Waals surface area contributed by atoms with Crippen molar-refractivity contribution in [3.63, 3.8) is 0 Å². The van der Waals surface area contributed by atoms with Crippen molar-refractivity contribution in [2.24, 2.45) is 0 Å². The molecule has 138 valence electrons. The van der Waals surface area contributed by atoms with Crippen LogP contribution in [-0.4, -0.2) is 69.8 Å². The monoisotopic (exact) mass is 357 g/mol. The van der Waals surface area contributed by atoms with Crippen LogP contribution in [0.4, 0.5) is 0 Å². The van der Waals surface area contributed by atoms with E-state index in [4.69, 9.17) is 0 Å². The summed E-state index contributed by atoms with van der Waals surface area (Å²) in [4.78, 5) is 0. The van der Waals surface area contributed by atoms with E-state index in [9.17, 15) is 0 Å². The summed E-state index contributed by atoms with van der Waals surface area (Å²) in [6, 6.07) is 3.76. The molecule has 5 heteroatoms. The summed E-state index contributed by atoms with van der Waals surface area (Å²) in [5, 5.41) is 0. The molecule has 0 bridgehead atoms. The Bertz CT molecular complexity index is 319. The van der Waals surface area contributed by atoms with Gasteiger partial charge in [-0.15, -0.1) is 0 Å². The van der Waals surface area contributed by atoms with Crippen LogP contribution in [0.25, 0.3) is 0 Å². The average Bonchev–Trinajstić information content (AvgIpc) is 2.55. The first-order valence-corrected chi connectivity index (χ1v) is 14.7. The van der Waals surface area contributed by atoms with Crippen molar-refractivity contribution in [3.05, 3.63) is 0 Å². The van der Waals surface area contributed by atoms with Crippen LogP contribution in [0.3, 0.4) is 0 Å². The Kier molecular flexibility index (Phi) is 9.60. The maximum Gasteiger partial charge on any atom is 0.205 e. The minimum Gasteiger partial charge on any atom is -0.327 e. The Balaban J connectivity index is 3.17. The van der Waals surface area contributed by atoms with Gasteiger partial charge in [0.15, 0.2) is 0 Å². The summed E-state index contributed by atoms with van der Waals surface area (Å²) in [5.74, 6) is 0. The Morgan fingerprint density at radius 3 is 2.00 bits per heavy atom. The predicted molar refractivity (Wildman–Crippen MR) is 110 cm³/mol. The summed E-state index contributed by atoms with van der Waals surface area (Å²) in [5.41, 5.74) is 1.59. The maximum atomic E-state index is 3.00. The summed E-state index contributed by atoms with van der Waals surface area (Å²) >= 11 is 0. The molecule has 23 heavy (non-hydrogen) atoms. The van der Waals surface area contributed by atoms with Crippen LogP contribution < -0.4 is 0 Å². The molecule has 0 N–H and O–H groups in total. The van der Waals surface area contributed by atoms with E-state index in [1.165, 1.54) is 51.6 Å². The Morgan fingerprint density at radius 1 is 0.957 bits per heavy atom. The summed E-state index contributed by atoms with van der Waals surface area (Å²) in [7, 11) is -2.26. The van der Waals surface area contributed by atoms with Gasteiger partial charge in [0, 0.05) is 0 Å². The highest BCUT2D eigenvalue weighted by Gasteiger charge is 2.49. The van der Waals surface area contributed by atoms with E-state index in [1.54, 1.807) is 11.7 Å². The SMILES string of the molecule is CCCN(C(C)C)[Si]1(N(CC)CC)CCC[SiH](N(CC)CC)C1. The number of rotatable bonds is 10. The highest BCUT2D eigenvalue weighted by molar-refractivity contribution is 6.86. The topological polar surface area (TPSA) is 9.72 Å². The van der Waals surface area contributed by atoms with Gasteiger partial charge < -0.3 is 13.7 Å². The molecule has 1 rings (SSSR count). The third kappa shape index (κ3) is 4.91. The molecule has 1 saturated heterocycles. The van der Waals surface area contributed by atoms with Crippen molar-refractivity contribution in [2.45, 2.75) is 85.1 Å². The lowest BCUT2D eigenvalue weighted by atomic mass is 10.4. The van der Waals surface area contributed by atoms with Gasteiger partial charge in [-0.25, -0.2) is 0 Å². The first kappa shape index (κ1) is 21.4. The molecule has 0 aromatic carbocycles. The Labute approximate surface area is 149 Å². The van der Waals surface area contributed by atoms with Crippen LogP contribution in [-0.2, 0) is 0 Å². The van der Waals surface area contributed by atoms with E-state index in [-0.39, 0.29) is 0 Å². The number of hydrogen-bond acceptors (Lipinski definition) is 3. The second-order valence-electron chi connectivity index (χ2n) is 7.41. The van der Waals surface area contributed by atoms with Crippen molar-refractivity contribution in [1.29, 1.82) is 0 Å². The minimum atomic E-state index is -1.50. The first-order valence-electron chi connectivity index (χ1n) is 10.3. The highest BCUT2D eigenvalue weighted by Crippen LogP contribution is 2.36. The van der Waals surface area contributed by atoms with E-state index in [2.05, 4.69) is 62.2 Å². The lowest BCUT2D eigenvalue weighted by Gasteiger charge is -2.54. The lowest BCUT2D eigenvalue weighted by molar-refractivity contribution is 0.287. The molecule has 0 radical (unpaired) electrons. The summed E-state index contributed by atoms with van der Waals surface area (Å²) < 4.78 is 8.81. The summed E-state index contributed by atoms with van der Waals surface area (Å²) in [6.07, 6.45) is 2.79. The molecule has 3 nitrogen and oxygen atoms in total. The van der Waals surface area contributed by atoms with Crippen LogP contribution >= 0.6 is 0 Å². The molecule has 0 spiro atoms. The van der Waals surface area contributed by atoms with Gasteiger partial charge in [0.25, 0.3) is 0 Å². The highest BCUT2D eigenvalue weighted by atomic mass is 28.4. The van der Waals surface area contributed by atoms with Crippen molar-refractivity contribution >= 4 is 17.4 Å². The van der Waals surface area contributed by atoms with Crippen molar-refractivity contribution in [3.8, 4) is 0 Å². The fourth-order valence-corrected chi connectivity index (χ4v) is 19.6. The molecule has 1 heterocycles. The molecule has 0 aromatic heterocycles. The minimum absolute atomic E-state index is 0.701. The molecular formula is C18H43N3Si2. The molecule has 0 aromatic rings. The van der Waals surface area contributed by atoms with E-state index < -0.39 is 17.4 Å². The molecule has 1 fully saturated rings. The van der Waals surface area contributed by atoms with Crippen LogP contribution in [0.1, 0.15) is 61.3 Å². The average molecular weight is 358 g/mol. The van der Waals surface area contributed by atoms with Crippen molar-refractivity contribution < 1.29 is 0 Å². The summed E-state index contributed by atoms with van der Waals surface area (Å²) in [6.45, 7) is 23.1. The fourth-order valence-electron chi connectivity index (χ4n) is 4.98. The second-order valence-corrected chi connectivity index (χ2v) is 15.3. The quantitative estimate of drug-likeness (QED) is 0.549. The maximum absolute atomic E-state index is 3.00. The molecule has 2 unspecified atom stereocenters. The zero-order chi connectivity index (χ0) is 17.5. The van der Waals surface area contributed by atoms with Crippen molar-refractivity contribution in [2.75, 3.05) is 32.7 Å². The Morgan fingerprint density at radius 2 is 1.57 bits per heavy atom. The van der Waals surface area contributed by atoms with Crippen LogP contribution in [0.5, 0.6) is 0 Å². The lowest BCUT2D eigenvalue weighted by Crippen LogP contribution is -2.71. The molecule has 1 aliphatic rings. The van der Waals surface area contributed by atoms with Crippen LogP contribution in [0.2, 0.25) is 17.8 Å². The van der Waals surface area contributed by atoms with Crippen molar-refractivity contribution in [1.82, 2.24) is 13.7 Å². The molecule has 0 amide bonds. The van der Waals surface area contributed by atoms with Gasteiger partial charge in [0.05, 0.1) is 0 Å². The van der Waals surface area contributed by atoms with Gasteiger partial charge in [-0.2, -0.15) is 0 Å². The van der Waals surface area contributed by atoms with Gasteiger partial charge >= 0.3 is 0 Å². The number of nitrogens with zero attached hydrogens (tertiary/aromatic N) is 3. The van der Waals surface area contributed by atoms with E-state index in [0.29, 0.717) is 6.04 Å². The van der Waals surface area contributed by atoms with E-state index >= 15 is 0 Å². The first-order chi connectivity index (χ1) is 11.0. The molecule has 2 atom stereocenters. The molecule has 0 saturated carbocycles. The van der Waals surface area contributed by atoms with Gasteiger partial charge in [0.2, 0.25) is 8.40 Å². The van der Waals surface area contributed by atoms with Gasteiger partial charge in [-0.1, -0.05) is 54.9 Å². The van der Waals surface area contributed by atoms with E-state index in [1.807, 2.05) is 0 Å². The van der Waals surface area contributed by atoms with Gasteiger partial charge in [0.1, 0.15) is 8.96 Å². The van der Waals surface area contributed by atoms with E-state index in [0.717, 1.165) is 0 Å². The van der Waals surface area contributed by atoms with Crippen LogP contribution in [0.15, 0.2) is 0 Å². The van der Waals surface area contributed by atoms with Gasteiger partial charge in [-0.3, -0.25) is 0 Å². The third-order valence-corrected chi connectivity index (χ3v) is 18.1. The standard InChI is InChI=1S/C18H43N3Si2/c1-8-14-21(18(6)7)23(20(11-4)12-5)16-13-15-22(17-23)19(9-2)10-3/h18,22H,8-17H2,1-7H3. The fraction of sp³-hybridized carbons (Fsp3) is 1.00. The zero-order valence-electron chi connectivity index (χ0n) is 17.1. The molecular weight excluding hydrogens is 314 g/mol. The zero-order valence-corrected chi connectivity index (χ0v) is 19.2. The predicted octanol–water partition coefficient (Wildman–Crippen LogP) is 3.90. The normalized spacial score (nSPS) is 26.0.